The molecule has 3 aromatic carbocycles. The highest BCUT2D eigenvalue weighted by atomic mass is 32.2. The van der Waals surface area contributed by atoms with Gasteiger partial charge in [-0.3, -0.25) is 9.62 Å². The molecule has 38 heavy (non-hydrogen) atoms. The molecule has 0 unspecified atom stereocenters. The van der Waals surface area contributed by atoms with E-state index >= 15 is 0 Å². The zero-order valence-corrected chi connectivity index (χ0v) is 22.8. The molecule has 3 aromatic rings. The molecule has 0 aromatic heterocycles. The van der Waals surface area contributed by atoms with Gasteiger partial charge in [0.25, 0.3) is 0 Å². The van der Waals surface area contributed by atoms with Gasteiger partial charge >= 0.3 is 6.03 Å². The molecule has 0 bridgehead atoms. The Morgan fingerprint density at radius 1 is 0.921 bits per heavy atom. The van der Waals surface area contributed by atoms with Crippen molar-refractivity contribution in [3.63, 3.8) is 0 Å². The molecule has 2 amide bonds. The van der Waals surface area contributed by atoms with Crippen LogP contribution in [0.25, 0.3) is 0 Å². The summed E-state index contributed by atoms with van der Waals surface area (Å²) in [6, 6.07) is 25.1. The number of piperidine rings is 1. The standard InChI is InChI=1S/C29H36N4O4S/c1-3-33(22-23-7-5-4-6-8-23)29(34)30-25-17-19-32(20-18-25)21-24-9-13-27(14-10-24)37-28-15-11-26(12-16-28)31-38(2,35)36/h4-16,25,31H,3,17-22H2,1-2H3,(H,30,34). The second-order valence-electron chi connectivity index (χ2n) is 9.64. The Labute approximate surface area is 225 Å². The monoisotopic (exact) mass is 536 g/mol. The molecule has 1 saturated heterocycles. The number of benzene rings is 3. The normalized spacial score (nSPS) is 14.6. The molecule has 1 fully saturated rings. The summed E-state index contributed by atoms with van der Waals surface area (Å²) in [6.07, 6.45) is 2.98. The van der Waals surface area contributed by atoms with Gasteiger partial charge in [-0.05, 0) is 67.3 Å². The van der Waals surface area contributed by atoms with Gasteiger partial charge in [0.1, 0.15) is 11.5 Å². The van der Waals surface area contributed by atoms with Crippen LogP contribution in [0.1, 0.15) is 30.9 Å². The van der Waals surface area contributed by atoms with Crippen LogP contribution in [0.3, 0.4) is 0 Å². The molecule has 9 heteroatoms. The summed E-state index contributed by atoms with van der Waals surface area (Å²) < 4.78 is 31.0. The molecule has 0 radical (unpaired) electrons. The molecule has 0 atom stereocenters. The number of amides is 2. The first-order valence-corrected chi connectivity index (χ1v) is 14.8. The predicted molar refractivity (Wildman–Crippen MR) is 151 cm³/mol. The lowest BCUT2D eigenvalue weighted by Crippen LogP contribution is -2.48. The number of nitrogens with one attached hydrogen (secondary N) is 2. The second kappa shape index (κ2) is 12.8. The van der Waals surface area contributed by atoms with Crippen molar-refractivity contribution in [2.45, 2.75) is 38.9 Å². The van der Waals surface area contributed by atoms with E-state index in [1.54, 1.807) is 24.3 Å². The van der Waals surface area contributed by atoms with Crippen molar-refractivity contribution in [1.29, 1.82) is 0 Å². The molecular weight excluding hydrogens is 500 g/mol. The summed E-state index contributed by atoms with van der Waals surface area (Å²) in [5, 5.41) is 3.23. The third kappa shape index (κ3) is 8.49. The third-order valence-electron chi connectivity index (χ3n) is 6.52. The van der Waals surface area contributed by atoms with Gasteiger partial charge in [0.05, 0.1) is 6.26 Å². The van der Waals surface area contributed by atoms with Crippen LogP contribution in [0.15, 0.2) is 78.9 Å². The highest BCUT2D eigenvalue weighted by Crippen LogP contribution is 2.24. The van der Waals surface area contributed by atoms with Crippen LogP contribution in [0.4, 0.5) is 10.5 Å². The van der Waals surface area contributed by atoms with Crippen molar-refractivity contribution >= 4 is 21.7 Å². The average molecular weight is 537 g/mol. The maximum absolute atomic E-state index is 12.8. The Balaban J connectivity index is 1.21. The van der Waals surface area contributed by atoms with E-state index in [0.717, 1.165) is 50.0 Å². The molecule has 1 heterocycles. The van der Waals surface area contributed by atoms with E-state index < -0.39 is 10.0 Å². The van der Waals surface area contributed by atoms with Crippen LogP contribution in [-0.4, -0.2) is 56.2 Å². The lowest BCUT2D eigenvalue weighted by atomic mass is 10.0. The average Bonchev–Trinajstić information content (AvgIpc) is 2.90. The zero-order valence-electron chi connectivity index (χ0n) is 22.0. The van der Waals surface area contributed by atoms with Crippen LogP contribution < -0.4 is 14.8 Å². The molecule has 1 aliphatic rings. The number of carbonyl (C=O) groups excluding carboxylic acids is 1. The minimum Gasteiger partial charge on any atom is -0.457 e. The van der Waals surface area contributed by atoms with Crippen molar-refractivity contribution in [3.05, 3.63) is 90.0 Å². The van der Waals surface area contributed by atoms with Crippen LogP contribution in [0, 0.1) is 0 Å². The Kier molecular flexibility index (Phi) is 9.25. The van der Waals surface area contributed by atoms with Crippen molar-refractivity contribution in [2.75, 3.05) is 30.6 Å². The number of anilines is 1. The Morgan fingerprint density at radius 3 is 2.11 bits per heavy atom. The smallest absolute Gasteiger partial charge is 0.317 e. The first-order valence-electron chi connectivity index (χ1n) is 12.9. The summed E-state index contributed by atoms with van der Waals surface area (Å²) >= 11 is 0. The highest BCUT2D eigenvalue weighted by molar-refractivity contribution is 7.92. The minimum atomic E-state index is -3.31. The lowest BCUT2D eigenvalue weighted by Gasteiger charge is -2.33. The molecule has 0 aliphatic carbocycles. The van der Waals surface area contributed by atoms with Crippen LogP contribution in [0.2, 0.25) is 0 Å². The number of nitrogens with zero attached hydrogens (tertiary/aromatic N) is 2. The van der Waals surface area contributed by atoms with Crippen molar-refractivity contribution < 1.29 is 17.9 Å². The number of ether oxygens (including phenoxy) is 1. The molecule has 2 N–H and O–H groups in total. The largest absolute Gasteiger partial charge is 0.457 e. The Morgan fingerprint density at radius 2 is 1.53 bits per heavy atom. The third-order valence-corrected chi connectivity index (χ3v) is 7.13. The highest BCUT2D eigenvalue weighted by Gasteiger charge is 2.22. The van der Waals surface area contributed by atoms with Gasteiger partial charge in [-0.15, -0.1) is 0 Å². The van der Waals surface area contributed by atoms with Crippen molar-refractivity contribution in [1.82, 2.24) is 15.1 Å². The molecule has 1 aliphatic heterocycles. The van der Waals surface area contributed by atoms with E-state index in [2.05, 4.69) is 27.1 Å². The Bertz CT molecular complexity index is 1270. The van der Waals surface area contributed by atoms with Gasteiger partial charge in [-0.2, -0.15) is 0 Å². The van der Waals surface area contributed by atoms with E-state index in [1.165, 1.54) is 5.56 Å². The van der Waals surface area contributed by atoms with Gasteiger partial charge in [-0.25, -0.2) is 13.2 Å². The summed E-state index contributed by atoms with van der Waals surface area (Å²) in [7, 11) is -3.31. The zero-order chi connectivity index (χ0) is 27.0. The topological polar surface area (TPSA) is 91.0 Å². The summed E-state index contributed by atoms with van der Waals surface area (Å²) in [4.78, 5) is 17.1. The molecule has 202 valence electrons. The molecule has 4 rings (SSSR count). The summed E-state index contributed by atoms with van der Waals surface area (Å²) in [5.41, 5.74) is 2.83. The number of hydrogen-bond donors (Lipinski definition) is 2. The first kappa shape index (κ1) is 27.5. The van der Waals surface area contributed by atoms with Gasteiger partial charge in [0.2, 0.25) is 10.0 Å². The predicted octanol–water partition coefficient (Wildman–Crippen LogP) is 5.05. The van der Waals surface area contributed by atoms with Gasteiger partial charge in [0, 0.05) is 44.5 Å². The van der Waals surface area contributed by atoms with Gasteiger partial charge in [-0.1, -0.05) is 42.5 Å². The second-order valence-corrected chi connectivity index (χ2v) is 11.4. The molecule has 0 spiro atoms. The number of likely N-dealkylation sites (tertiary alicyclic amines) is 1. The fourth-order valence-corrected chi connectivity index (χ4v) is 5.06. The molecule has 8 nitrogen and oxygen atoms in total. The maximum Gasteiger partial charge on any atom is 0.317 e. The van der Waals surface area contributed by atoms with E-state index in [4.69, 9.17) is 4.74 Å². The van der Waals surface area contributed by atoms with Crippen molar-refractivity contribution in [3.8, 4) is 11.5 Å². The van der Waals surface area contributed by atoms with Crippen LogP contribution >= 0.6 is 0 Å². The van der Waals surface area contributed by atoms with Crippen LogP contribution in [-0.2, 0) is 23.1 Å². The quantitative estimate of drug-likeness (QED) is 0.379. The van der Waals surface area contributed by atoms with E-state index in [9.17, 15) is 13.2 Å². The number of hydrogen-bond acceptors (Lipinski definition) is 5. The van der Waals surface area contributed by atoms with E-state index in [0.29, 0.717) is 24.5 Å². The summed E-state index contributed by atoms with van der Waals surface area (Å²) in [6.45, 7) is 6.01. The lowest BCUT2D eigenvalue weighted by molar-refractivity contribution is 0.168. The van der Waals surface area contributed by atoms with Gasteiger partial charge < -0.3 is 15.0 Å². The number of urea groups is 1. The number of carbonyl (C=O) groups is 1. The fourth-order valence-electron chi connectivity index (χ4n) is 4.49. The molecular formula is C29H36N4O4S. The van der Waals surface area contributed by atoms with E-state index in [1.807, 2.05) is 54.3 Å². The minimum absolute atomic E-state index is 0.00620. The number of rotatable bonds is 10. The first-order chi connectivity index (χ1) is 18.3. The summed E-state index contributed by atoms with van der Waals surface area (Å²) in [5.74, 6) is 1.35. The molecule has 0 saturated carbocycles. The number of sulfonamides is 1. The van der Waals surface area contributed by atoms with Crippen LogP contribution in [0.5, 0.6) is 11.5 Å². The van der Waals surface area contributed by atoms with E-state index in [-0.39, 0.29) is 12.1 Å². The van der Waals surface area contributed by atoms with Gasteiger partial charge in [0.15, 0.2) is 0 Å². The Hall–Kier alpha value is -3.56. The fraction of sp³-hybridized carbons (Fsp3) is 0.345. The SMILES string of the molecule is CCN(Cc1ccccc1)C(=O)NC1CCN(Cc2ccc(Oc3ccc(NS(C)(=O)=O)cc3)cc2)CC1. The maximum atomic E-state index is 12.8. The van der Waals surface area contributed by atoms with Crippen molar-refractivity contribution in [2.24, 2.45) is 0 Å².